The van der Waals surface area contributed by atoms with E-state index in [2.05, 4.69) is 5.32 Å². The number of carbonyl (C=O) groups is 2. The number of hydrogen-bond acceptors (Lipinski definition) is 3. The zero-order valence-electron chi connectivity index (χ0n) is 10.1. The molecular weight excluding hydrogens is 208 g/mol. The monoisotopic (exact) mass is 228 g/mol. The van der Waals surface area contributed by atoms with Crippen LogP contribution in [-0.2, 0) is 9.59 Å². The van der Waals surface area contributed by atoms with Gasteiger partial charge in [-0.3, -0.25) is 9.59 Å². The Morgan fingerprint density at radius 3 is 2.38 bits per heavy atom. The molecule has 0 aliphatic heterocycles. The molecule has 0 spiro atoms. The van der Waals surface area contributed by atoms with Crippen molar-refractivity contribution in [1.29, 1.82) is 0 Å². The molecule has 1 amide bonds. The standard InChI is InChI=1S/C11H20N2O3/c1-11(10(15)16,8-4-5-8)12-7-6-9(14)13(2)3/h8,12H,4-7H2,1-3H3,(H,15,16). The van der Waals surface area contributed by atoms with Gasteiger partial charge in [0.25, 0.3) is 0 Å². The van der Waals surface area contributed by atoms with Gasteiger partial charge in [0.15, 0.2) is 0 Å². The van der Waals surface area contributed by atoms with Crippen LogP contribution >= 0.6 is 0 Å². The van der Waals surface area contributed by atoms with Crippen LogP contribution in [0, 0.1) is 5.92 Å². The van der Waals surface area contributed by atoms with E-state index in [0.717, 1.165) is 12.8 Å². The third-order valence-corrected chi connectivity index (χ3v) is 3.17. The van der Waals surface area contributed by atoms with E-state index in [0.29, 0.717) is 13.0 Å². The van der Waals surface area contributed by atoms with Crippen LogP contribution < -0.4 is 5.32 Å². The molecule has 92 valence electrons. The highest BCUT2D eigenvalue weighted by molar-refractivity contribution is 5.79. The van der Waals surface area contributed by atoms with Gasteiger partial charge < -0.3 is 15.3 Å². The van der Waals surface area contributed by atoms with Gasteiger partial charge in [0.1, 0.15) is 5.54 Å². The third kappa shape index (κ3) is 2.95. The third-order valence-electron chi connectivity index (χ3n) is 3.17. The molecule has 1 rings (SSSR count). The topological polar surface area (TPSA) is 69.6 Å². The van der Waals surface area contributed by atoms with Crippen molar-refractivity contribution in [3.63, 3.8) is 0 Å². The second kappa shape index (κ2) is 4.82. The van der Waals surface area contributed by atoms with Crippen molar-refractivity contribution in [2.45, 2.75) is 31.7 Å². The number of rotatable bonds is 6. The lowest BCUT2D eigenvalue weighted by molar-refractivity contribution is -0.145. The van der Waals surface area contributed by atoms with Gasteiger partial charge in [-0.05, 0) is 25.7 Å². The highest BCUT2D eigenvalue weighted by atomic mass is 16.4. The summed E-state index contributed by atoms with van der Waals surface area (Å²) in [6, 6.07) is 0. The molecule has 1 fully saturated rings. The van der Waals surface area contributed by atoms with Crippen molar-refractivity contribution < 1.29 is 14.7 Å². The maximum Gasteiger partial charge on any atom is 0.323 e. The lowest BCUT2D eigenvalue weighted by Gasteiger charge is -2.26. The Hall–Kier alpha value is -1.10. The van der Waals surface area contributed by atoms with Gasteiger partial charge in [0, 0.05) is 27.1 Å². The smallest absolute Gasteiger partial charge is 0.323 e. The molecule has 0 aromatic rings. The first-order chi connectivity index (χ1) is 7.38. The van der Waals surface area contributed by atoms with Crippen molar-refractivity contribution in [3.05, 3.63) is 0 Å². The summed E-state index contributed by atoms with van der Waals surface area (Å²) in [5, 5.41) is 12.2. The molecule has 2 N–H and O–H groups in total. The summed E-state index contributed by atoms with van der Waals surface area (Å²) >= 11 is 0. The Morgan fingerprint density at radius 1 is 1.44 bits per heavy atom. The van der Waals surface area contributed by atoms with Crippen molar-refractivity contribution in [1.82, 2.24) is 10.2 Å². The summed E-state index contributed by atoms with van der Waals surface area (Å²) in [5.74, 6) is -0.609. The molecule has 1 aliphatic carbocycles. The number of amides is 1. The number of carboxylic acid groups (broad SMARTS) is 1. The molecule has 1 atom stereocenters. The van der Waals surface area contributed by atoms with Crippen LogP contribution in [0.25, 0.3) is 0 Å². The summed E-state index contributed by atoms with van der Waals surface area (Å²) in [4.78, 5) is 24.0. The van der Waals surface area contributed by atoms with E-state index < -0.39 is 11.5 Å². The second-order valence-electron chi connectivity index (χ2n) is 4.75. The first-order valence-electron chi connectivity index (χ1n) is 5.56. The Kier molecular flexibility index (Phi) is 3.91. The molecule has 0 saturated heterocycles. The summed E-state index contributed by atoms with van der Waals surface area (Å²) in [7, 11) is 3.39. The first-order valence-corrected chi connectivity index (χ1v) is 5.56. The summed E-state index contributed by atoms with van der Waals surface area (Å²) in [5.41, 5.74) is -0.868. The lowest BCUT2D eigenvalue weighted by atomic mass is 9.96. The van der Waals surface area contributed by atoms with Crippen LogP contribution in [0.2, 0.25) is 0 Å². The van der Waals surface area contributed by atoms with Crippen LogP contribution in [0.1, 0.15) is 26.2 Å². The Balaban J connectivity index is 2.40. The zero-order chi connectivity index (χ0) is 12.3. The average Bonchev–Trinajstić information content (AvgIpc) is 2.99. The minimum atomic E-state index is -0.868. The van der Waals surface area contributed by atoms with Crippen molar-refractivity contribution in [2.75, 3.05) is 20.6 Å². The first kappa shape index (κ1) is 13.0. The highest BCUT2D eigenvalue weighted by Gasteiger charge is 2.46. The number of carboxylic acids is 1. The van der Waals surface area contributed by atoms with E-state index in [1.807, 2.05) is 0 Å². The van der Waals surface area contributed by atoms with E-state index in [4.69, 9.17) is 5.11 Å². The largest absolute Gasteiger partial charge is 0.480 e. The molecule has 5 heteroatoms. The van der Waals surface area contributed by atoms with Gasteiger partial charge in [-0.1, -0.05) is 0 Å². The van der Waals surface area contributed by atoms with Gasteiger partial charge in [0.05, 0.1) is 0 Å². The molecule has 0 aromatic carbocycles. The molecule has 1 unspecified atom stereocenters. The van der Waals surface area contributed by atoms with Crippen molar-refractivity contribution in [2.24, 2.45) is 5.92 Å². The number of nitrogens with zero attached hydrogens (tertiary/aromatic N) is 1. The predicted molar refractivity (Wildman–Crippen MR) is 60.1 cm³/mol. The zero-order valence-corrected chi connectivity index (χ0v) is 10.1. The fraction of sp³-hybridized carbons (Fsp3) is 0.818. The molecule has 1 saturated carbocycles. The van der Waals surface area contributed by atoms with Gasteiger partial charge >= 0.3 is 5.97 Å². The summed E-state index contributed by atoms with van der Waals surface area (Å²) in [6.07, 6.45) is 2.25. The van der Waals surface area contributed by atoms with Crippen LogP contribution in [0.15, 0.2) is 0 Å². The minimum absolute atomic E-state index is 0.0102. The maximum atomic E-state index is 11.3. The van der Waals surface area contributed by atoms with Crippen LogP contribution in [0.4, 0.5) is 0 Å². The Labute approximate surface area is 95.8 Å². The Morgan fingerprint density at radius 2 is 2.00 bits per heavy atom. The SMILES string of the molecule is CN(C)C(=O)CCNC(C)(C(=O)O)C1CC1. The number of carbonyl (C=O) groups excluding carboxylic acids is 1. The van der Waals surface area contributed by atoms with E-state index in [9.17, 15) is 9.59 Å². The lowest BCUT2D eigenvalue weighted by Crippen LogP contribution is -2.52. The number of aliphatic carboxylic acids is 1. The average molecular weight is 228 g/mol. The second-order valence-corrected chi connectivity index (χ2v) is 4.75. The summed E-state index contributed by atoms with van der Waals surface area (Å²) in [6.45, 7) is 2.11. The molecule has 16 heavy (non-hydrogen) atoms. The maximum absolute atomic E-state index is 11.3. The molecule has 5 nitrogen and oxygen atoms in total. The molecular formula is C11H20N2O3. The van der Waals surface area contributed by atoms with Crippen LogP contribution in [0.3, 0.4) is 0 Å². The Bertz CT molecular complexity index is 287. The van der Waals surface area contributed by atoms with E-state index >= 15 is 0 Å². The highest BCUT2D eigenvalue weighted by Crippen LogP contribution is 2.39. The van der Waals surface area contributed by atoms with E-state index in [1.165, 1.54) is 4.90 Å². The molecule has 0 bridgehead atoms. The van der Waals surface area contributed by atoms with Crippen molar-refractivity contribution >= 4 is 11.9 Å². The normalized spacial score (nSPS) is 18.9. The van der Waals surface area contributed by atoms with Gasteiger partial charge in [-0.15, -0.1) is 0 Å². The number of nitrogens with one attached hydrogen (secondary N) is 1. The molecule has 0 radical (unpaired) electrons. The van der Waals surface area contributed by atoms with Crippen LogP contribution in [0.5, 0.6) is 0 Å². The van der Waals surface area contributed by atoms with Crippen molar-refractivity contribution in [3.8, 4) is 0 Å². The van der Waals surface area contributed by atoms with Gasteiger partial charge in [-0.2, -0.15) is 0 Å². The predicted octanol–water partition coefficient (Wildman–Crippen LogP) is 0.308. The minimum Gasteiger partial charge on any atom is -0.480 e. The fourth-order valence-electron chi connectivity index (χ4n) is 1.71. The van der Waals surface area contributed by atoms with Gasteiger partial charge in [-0.25, -0.2) is 0 Å². The molecule has 0 heterocycles. The number of hydrogen-bond donors (Lipinski definition) is 2. The quantitative estimate of drug-likeness (QED) is 0.686. The van der Waals surface area contributed by atoms with E-state index in [-0.39, 0.29) is 11.8 Å². The molecule has 1 aliphatic rings. The fourth-order valence-corrected chi connectivity index (χ4v) is 1.71. The van der Waals surface area contributed by atoms with Crippen LogP contribution in [-0.4, -0.2) is 48.1 Å². The summed E-state index contributed by atoms with van der Waals surface area (Å²) < 4.78 is 0. The van der Waals surface area contributed by atoms with Gasteiger partial charge in [0.2, 0.25) is 5.91 Å². The molecule has 0 aromatic heterocycles. The van der Waals surface area contributed by atoms with E-state index in [1.54, 1.807) is 21.0 Å².